The molecule has 0 unspecified atom stereocenters. The van der Waals surface area contributed by atoms with Gasteiger partial charge in [-0.3, -0.25) is 4.79 Å². The van der Waals surface area contributed by atoms with Gasteiger partial charge in [0, 0.05) is 13.6 Å². The second-order valence-electron chi connectivity index (χ2n) is 5.54. The number of nitrogens with one attached hydrogen (secondary N) is 2. The Morgan fingerprint density at radius 1 is 1.35 bits per heavy atom. The third-order valence-corrected chi connectivity index (χ3v) is 4.89. The average Bonchev–Trinajstić information content (AvgIpc) is 2.67. The molecule has 6 heteroatoms. The number of nitrogens with zero attached hydrogens (tertiary/aromatic N) is 1. The molecule has 0 aromatic carbocycles. The Bertz CT molecular complexity index is 465. The molecule has 0 bridgehead atoms. The second kappa shape index (κ2) is 6.54. The minimum atomic E-state index is -0.747. The zero-order valence-electron chi connectivity index (χ0n) is 12.2. The van der Waals surface area contributed by atoms with E-state index in [0.29, 0.717) is 12.1 Å². The van der Waals surface area contributed by atoms with Crippen molar-refractivity contribution in [2.75, 3.05) is 18.9 Å². The summed E-state index contributed by atoms with van der Waals surface area (Å²) in [7, 11) is 1.78. The molecule has 112 valence electrons. The van der Waals surface area contributed by atoms with Crippen LogP contribution in [0, 0.1) is 6.92 Å². The first-order chi connectivity index (χ1) is 9.56. The van der Waals surface area contributed by atoms with Gasteiger partial charge in [0.25, 0.3) is 5.91 Å². The van der Waals surface area contributed by atoms with Gasteiger partial charge in [-0.25, -0.2) is 0 Å². The predicted molar refractivity (Wildman–Crippen MR) is 81.4 cm³/mol. The number of anilines is 1. The monoisotopic (exact) mass is 297 g/mol. The molecule has 5 nitrogen and oxygen atoms in total. The number of amides is 1. The van der Waals surface area contributed by atoms with Crippen molar-refractivity contribution in [2.45, 2.75) is 51.0 Å². The van der Waals surface area contributed by atoms with Gasteiger partial charge in [-0.05, 0) is 31.3 Å². The lowest BCUT2D eigenvalue weighted by molar-refractivity contribution is 0.0246. The quantitative estimate of drug-likeness (QED) is 0.746. The molecule has 0 aliphatic heterocycles. The molecule has 2 rings (SSSR count). The van der Waals surface area contributed by atoms with Gasteiger partial charge < -0.3 is 15.7 Å². The molecule has 0 spiro atoms. The Labute approximate surface area is 123 Å². The standard InChI is InChI=1S/C14H23N3O2S/c1-10-11(13(15-2)20-17-10)12(18)16-9-14(19)7-5-3-4-6-8-14/h15,19H,3-9H2,1-2H3,(H,16,18). The van der Waals surface area contributed by atoms with Crippen molar-refractivity contribution >= 4 is 22.4 Å². The van der Waals surface area contributed by atoms with Gasteiger partial charge >= 0.3 is 0 Å². The van der Waals surface area contributed by atoms with Crippen LogP contribution in [-0.2, 0) is 0 Å². The van der Waals surface area contributed by atoms with Gasteiger partial charge in [-0.2, -0.15) is 4.37 Å². The van der Waals surface area contributed by atoms with E-state index in [4.69, 9.17) is 0 Å². The third-order valence-electron chi connectivity index (χ3n) is 3.93. The molecular weight excluding hydrogens is 274 g/mol. The Morgan fingerprint density at radius 3 is 2.60 bits per heavy atom. The lowest BCUT2D eigenvalue weighted by atomic mass is 9.94. The van der Waals surface area contributed by atoms with Gasteiger partial charge in [0.2, 0.25) is 0 Å². The summed E-state index contributed by atoms with van der Waals surface area (Å²) in [6.45, 7) is 2.15. The lowest BCUT2D eigenvalue weighted by Crippen LogP contribution is -2.42. The first-order valence-electron chi connectivity index (χ1n) is 7.20. The van der Waals surface area contributed by atoms with Crippen molar-refractivity contribution in [3.05, 3.63) is 11.3 Å². The number of rotatable bonds is 4. The first-order valence-corrected chi connectivity index (χ1v) is 7.98. The molecule has 1 aliphatic rings. The molecule has 1 aromatic heterocycles. The average molecular weight is 297 g/mol. The van der Waals surface area contributed by atoms with Crippen molar-refractivity contribution < 1.29 is 9.90 Å². The number of hydrogen-bond acceptors (Lipinski definition) is 5. The number of aliphatic hydroxyl groups is 1. The van der Waals surface area contributed by atoms with Crippen molar-refractivity contribution in [1.29, 1.82) is 0 Å². The molecule has 1 fully saturated rings. The van der Waals surface area contributed by atoms with Crippen LogP contribution in [0.4, 0.5) is 5.00 Å². The maximum absolute atomic E-state index is 12.3. The summed E-state index contributed by atoms with van der Waals surface area (Å²) in [6, 6.07) is 0. The molecule has 1 aromatic rings. The third kappa shape index (κ3) is 3.49. The van der Waals surface area contributed by atoms with Crippen LogP contribution in [0.5, 0.6) is 0 Å². The van der Waals surface area contributed by atoms with Crippen LogP contribution in [-0.4, -0.2) is 34.6 Å². The molecule has 1 heterocycles. The lowest BCUT2D eigenvalue weighted by Gasteiger charge is -2.26. The molecule has 1 saturated carbocycles. The Kier molecular flexibility index (Phi) is 4.99. The van der Waals surface area contributed by atoms with Gasteiger partial charge in [-0.15, -0.1) is 0 Å². The highest BCUT2D eigenvalue weighted by Gasteiger charge is 2.29. The van der Waals surface area contributed by atoms with E-state index in [9.17, 15) is 9.90 Å². The van der Waals surface area contributed by atoms with Crippen LogP contribution in [0.1, 0.15) is 54.6 Å². The number of aromatic nitrogens is 1. The van der Waals surface area contributed by atoms with Crippen molar-refractivity contribution in [1.82, 2.24) is 9.69 Å². The summed E-state index contributed by atoms with van der Waals surface area (Å²) in [5.41, 5.74) is 0.572. The van der Waals surface area contributed by atoms with Gasteiger partial charge in [0.1, 0.15) is 5.00 Å². The summed E-state index contributed by atoms with van der Waals surface area (Å²) < 4.78 is 4.19. The van der Waals surface area contributed by atoms with Crippen LogP contribution in [0.3, 0.4) is 0 Å². The molecule has 20 heavy (non-hydrogen) atoms. The summed E-state index contributed by atoms with van der Waals surface area (Å²) >= 11 is 1.28. The predicted octanol–water partition coefficient (Wildman–Crippen LogP) is 2.31. The van der Waals surface area contributed by atoms with E-state index in [-0.39, 0.29) is 5.91 Å². The highest BCUT2D eigenvalue weighted by atomic mass is 32.1. The largest absolute Gasteiger partial charge is 0.388 e. The first kappa shape index (κ1) is 15.3. The molecule has 0 radical (unpaired) electrons. The van der Waals surface area contributed by atoms with E-state index in [1.807, 2.05) is 6.92 Å². The smallest absolute Gasteiger partial charge is 0.256 e. The van der Waals surface area contributed by atoms with Gasteiger partial charge in [0.05, 0.1) is 16.9 Å². The Morgan fingerprint density at radius 2 is 2.00 bits per heavy atom. The molecule has 0 atom stereocenters. The minimum absolute atomic E-state index is 0.154. The molecule has 3 N–H and O–H groups in total. The normalized spacial score (nSPS) is 18.4. The zero-order valence-corrected chi connectivity index (χ0v) is 13.0. The van der Waals surface area contributed by atoms with Crippen molar-refractivity contribution in [3.8, 4) is 0 Å². The van der Waals surface area contributed by atoms with E-state index in [0.717, 1.165) is 36.4 Å². The van der Waals surface area contributed by atoms with Crippen LogP contribution >= 0.6 is 11.5 Å². The topological polar surface area (TPSA) is 74.2 Å². The molecule has 1 amide bonds. The number of carbonyl (C=O) groups is 1. The Balaban J connectivity index is 1.99. The summed E-state index contributed by atoms with van der Waals surface area (Å²) in [6.07, 6.45) is 5.96. The maximum Gasteiger partial charge on any atom is 0.256 e. The fourth-order valence-corrected chi connectivity index (χ4v) is 3.45. The van der Waals surface area contributed by atoms with Crippen LogP contribution in [0.25, 0.3) is 0 Å². The van der Waals surface area contributed by atoms with E-state index in [1.54, 1.807) is 7.05 Å². The SMILES string of the molecule is CNc1snc(C)c1C(=O)NCC1(O)CCCCCC1. The summed E-state index contributed by atoms with van der Waals surface area (Å²) in [5, 5.41) is 17.2. The maximum atomic E-state index is 12.3. The molecule has 0 saturated heterocycles. The second-order valence-corrected chi connectivity index (χ2v) is 6.32. The molecule has 1 aliphatic carbocycles. The van der Waals surface area contributed by atoms with Crippen molar-refractivity contribution in [3.63, 3.8) is 0 Å². The highest BCUT2D eigenvalue weighted by molar-refractivity contribution is 7.10. The Hall–Kier alpha value is -1.14. The summed E-state index contributed by atoms with van der Waals surface area (Å²) in [4.78, 5) is 12.3. The zero-order chi connectivity index (χ0) is 14.6. The van der Waals surface area contributed by atoms with Gasteiger partial charge in [0.15, 0.2) is 0 Å². The minimum Gasteiger partial charge on any atom is -0.388 e. The number of aryl methyl sites for hydroxylation is 1. The number of carbonyl (C=O) groups excluding carboxylic acids is 1. The molecular formula is C14H23N3O2S. The van der Waals surface area contributed by atoms with Crippen LogP contribution in [0.15, 0.2) is 0 Å². The van der Waals surface area contributed by atoms with E-state index in [2.05, 4.69) is 15.0 Å². The van der Waals surface area contributed by atoms with Crippen LogP contribution in [0.2, 0.25) is 0 Å². The summed E-state index contributed by atoms with van der Waals surface area (Å²) in [5.74, 6) is -0.154. The van der Waals surface area contributed by atoms with E-state index in [1.165, 1.54) is 24.4 Å². The highest BCUT2D eigenvalue weighted by Crippen LogP contribution is 2.27. The fourth-order valence-electron chi connectivity index (χ4n) is 2.70. The number of hydrogen-bond donors (Lipinski definition) is 3. The van der Waals surface area contributed by atoms with E-state index < -0.39 is 5.60 Å². The fraction of sp³-hybridized carbons (Fsp3) is 0.714. The van der Waals surface area contributed by atoms with Crippen LogP contribution < -0.4 is 10.6 Å². The van der Waals surface area contributed by atoms with E-state index >= 15 is 0 Å². The van der Waals surface area contributed by atoms with Crippen molar-refractivity contribution in [2.24, 2.45) is 0 Å². The van der Waals surface area contributed by atoms with Gasteiger partial charge in [-0.1, -0.05) is 25.7 Å².